The molecule has 0 aliphatic carbocycles. The van der Waals surface area contributed by atoms with E-state index >= 15 is 0 Å². The fraction of sp³-hybridized carbons (Fsp3) is 0.375. The first kappa shape index (κ1) is 6.23. The summed E-state index contributed by atoms with van der Waals surface area (Å²) in [7, 11) is 0. The van der Waals surface area contributed by atoms with Crippen LogP contribution in [0.15, 0.2) is 28.1 Å². The van der Waals surface area contributed by atoms with Gasteiger partial charge in [-0.1, -0.05) is 6.08 Å². The number of thioether (sulfide) groups is 1. The molecule has 0 bridgehead atoms. The molecule has 0 aromatic carbocycles. The summed E-state index contributed by atoms with van der Waals surface area (Å²) in [5, 5.41) is 2.18. The molecule has 1 atom stereocenters. The van der Waals surface area contributed by atoms with Crippen LogP contribution in [0.25, 0.3) is 0 Å². The van der Waals surface area contributed by atoms with Crippen molar-refractivity contribution in [3.63, 3.8) is 0 Å². The Hall–Kier alpha value is -0.500. The summed E-state index contributed by atoms with van der Waals surface area (Å²) < 4.78 is 0. The van der Waals surface area contributed by atoms with Crippen molar-refractivity contribution in [2.45, 2.75) is 0 Å². The van der Waals surface area contributed by atoms with Crippen LogP contribution in [0, 0.1) is 5.92 Å². The van der Waals surface area contributed by atoms with E-state index in [0.717, 1.165) is 12.3 Å². The second-order valence-corrected chi connectivity index (χ2v) is 3.40. The summed E-state index contributed by atoms with van der Waals surface area (Å²) in [6.45, 7) is 0.961. The molecule has 0 amide bonds. The van der Waals surface area contributed by atoms with Gasteiger partial charge in [0.15, 0.2) is 0 Å². The molecule has 0 saturated heterocycles. The molecule has 0 spiro atoms. The fourth-order valence-corrected chi connectivity index (χ4v) is 2.10. The van der Waals surface area contributed by atoms with Crippen LogP contribution < -0.4 is 0 Å². The lowest BCUT2D eigenvalue weighted by Gasteiger charge is -2.20. The number of hydrogen-bond donors (Lipinski definition) is 0. The smallest absolute Gasteiger partial charge is 0.0490 e. The Bertz CT molecular complexity index is 215. The highest BCUT2D eigenvalue weighted by molar-refractivity contribution is 8.02. The Balaban J connectivity index is 2.26. The molecule has 0 aromatic heterocycles. The predicted molar refractivity (Wildman–Crippen MR) is 46.5 cm³/mol. The molecule has 0 radical (unpaired) electrons. The fourth-order valence-electron chi connectivity index (χ4n) is 1.20. The van der Waals surface area contributed by atoms with E-state index in [1.54, 1.807) is 0 Å². The number of nitrogens with zero attached hydrogens (tertiary/aromatic N) is 1. The molecule has 0 saturated carbocycles. The van der Waals surface area contributed by atoms with Gasteiger partial charge in [-0.25, -0.2) is 0 Å². The minimum absolute atomic E-state index is 0.617. The normalized spacial score (nSPS) is 29.6. The van der Waals surface area contributed by atoms with Gasteiger partial charge in [-0.3, -0.25) is 4.99 Å². The van der Waals surface area contributed by atoms with E-state index in [1.807, 2.05) is 18.0 Å². The minimum atomic E-state index is 0.617. The molecule has 0 fully saturated rings. The Morgan fingerprint density at radius 2 is 2.60 bits per heavy atom. The van der Waals surface area contributed by atoms with Crippen LogP contribution in [0.1, 0.15) is 0 Å². The lowest BCUT2D eigenvalue weighted by molar-refractivity contribution is 0.765. The number of allylic oxidation sites excluding steroid dienone is 1. The number of fused-ring (bicyclic) bond motifs is 1. The van der Waals surface area contributed by atoms with Crippen LogP contribution in [-0.2, 0) is 0 Å². The molecular weight excluding hydrogens is 142 g/mol. The SMILES string of the molecule is C1=CC2CN=CC=C2CS1. The molecule has 2 rings (SSSR count). The van der Waals surface area contributed by atoms with Crippen LogP contribution in [0.3, 0.4) is 0 Å². The molecule has 2 heteroatoms. The van der Waals surface area contributed by atoms with Gasteiger partial charge in [0, 0.05) is 24.4 Å². The van der Waals surface area contributed by atoms with Gasteiger partial charge in [0.2, 0.25) is 0 Å². The zero-order valence-electron chi connectivity index (χ0n) is 5.66. The van der Waals surface area contributed by atoms with Crippen molar-refractivity contribution in [3.8, 4) is 0 Å². The molecule has 2 aliphatic heterocycles. The van der Waals surface area contributed by atoms with Gasteiger partial charge in [-0.2, -0.15) is 0 Å². The van der Waals surface area contributed by atoms with E-state index < -0.39 is 0 Å². The van der Waals surface area contributed by atoms with E-state index in [9.17, 15) is 0 Å². The summed E-state index contributed by atoms with van der Waals surface area (Å²) in [5.74, 6) is 1.78. The summed E-state index contributed by atoms with van der Waals surface area (Å²) in [5.41, 5.74) is 1.53. The second-order valence-electron chi connectivity index (χ2n) is 2.50. The maximum Gasteiger partial charge on any atom is 0.0490 e. The summed E-state index contributed by atoms with van der Waals surface area (Å²) in [6.07, 6.45) is 6.31. The third kappa shape index (κ3) is 1.03. The summed E-state index contributed by atoms with van der Waals surface area (Å²) >= 11 is 1.87. The maximum atomic E-state index is 4.20. The first-order valence-corrected chi connectivity index (χ1v) is 4.49. The topological polar surface area (TPSA) is 12.4 Å². The zero-order chi connectivity index (χ0) is 6.81. The minimum Gasteiger partial charge on any atom is -0.292 e. The summed E-state index contributed by atoms with van der Waals surface area (Å²) in [4.78, 5) is 4.20. The van der Waals surface area contributed by atoms with Crippen LogP contribution in [0.2, 0.25) is 0 Å². The van der Waals surface area contributed by atoms with Crippen molar-refractivity contribution in [1.82, 2.24) is 0 Å². The van der Waals surface area contributed by atoms with Crippen LogP contribution >= 0.6 is 11.8 Å². The van der Waals surface area contributed by atoms with Crippen LogP contribution in [0.4, 0.5) is 0 Å². The molecule has 2 aliphatic rings. The monoisotopic (exact) mass is 151 g/mol. The number of hydrogen-bond acceptors (Lipinski definition) is 2. The van der Waals surface area contributed by atoms with Gasteiger partial charge in [0.05, 0.1) is 0 Å². The third-order valence-electron chi connectivity index (χ3n) is 1.83. The van der Waals surface area contributed by atoms with E-state index in [-0.39, 0.29) is 0 Å². The van der Waals surface area contributed by atoms with Gasteiger partial charge in [-0.05, 0) is 17.1 Å². The molecule has 2 heterocycles. The van der Waals surface area contributed by atoms with Gasteiger partial charge >= 0.3 is 0 Å². The van der Waals surface area contributed by atoms with Crippen LogP contribution in [-0.4, -0.2) is 18.5 Å². The zero-order valence-corrected chi connectivity index (χ0v) is 6.47. The Labute approximate surface area is 64.9 Å². The Kier molecular flexibility index (Phi) is 1.63. The quantitative estimate of drug-likeness (QED) is 0.515. The number of rotatable bonds is 0. The summed E-state index contributed by atoms with van der Waals surface area (Å²) in [6, 6.07) is 0. The molecule has 1 nitrogen and oxygen atoms in total. The van der Waals surface area contributed by atoms with E-state index in [0.29, 0.717) is 5.92 Å². The first-order chi connectivity index (χ1) is 4.97. The van der Waals surface area contributed by atoms with Crippen molar-refractivity contribution >= 4 is 18.0 Å². The average Bonchev–Trinajstić information content (AvgIpc) is 2.05. The van der Waals surface area contributed by atoms with Crippen molar-refractivity contribution in [3.05, 3.63) is 23.1 Å². The molecule has 0 aromatic rings. The highest BCUT2D eigenvalue weighted by Crippen LogP contribution is 2.26. The molecular formula is C8H9NS. The Morgan fingerprint density at radius 1 is 1.60 bits per heavy atom. The van der Waals surface area contributed by atoms with Crippen molar-refractivity contribution in [2.75, 3.05) is 12.3 Å². The van der Waals surface area contributed by atoms with Gasteiger partial charge in [0.25, 0.3) is 0 Å². The van der Waals surface area contributed by atoms with Crippen LogP contribution in [0.5, 0.6) is 0 Å². The van der Waals surface area contributed by atoms with Gasteiger partial charge in [-0.15, -0.1) is 11.8 Å². The highest BCUT2D eigenvalue weighted by Gasteiger charge is 2.14. The molecule has 10 heavy (non-hydrogen) atoms. The Morgan fingerprint density at radius 3 is 3.50 bits per heavy atom. The maximum absolute atomic E-state index is 4.20. The lowest BCUT2D eigenvalue weighted by Crippen LogP contribution is -2.13. The van der Waals surface area contributed by atoms with Crippen molar-refractivity contribution in [1.29, 1.82) is 0 Å². The van der Waals surface area contributed by atoms with E-state index in [4.69, 9.17) is 0 Å². The molecule has 0 N–H and O–H groups in total. The highest BCUT2D eigenvalue weighted by atomic mass is 32.2. The number of aliphatic imine (C=N–C) groups is 1. The van der Waals surface area contributed by atoms with Crippen molar-refractivity contribution < 1.29 is 0 Å². The van der Waals surface area contributed by atoms with Crippen molar-refractivity contribution in [2.24, 2.45) is 10.9 Å². The van der Waals surface area contributed by atoms with E-state index in [2.05, 4.69) is 22.6 Å². The largest absolute Gasteiger partial charge is 0.292 e. The standard InChI is InChI=1S/C8H9NS/c1-3-9-5-7-2-4-10-6-8(1)7/h1-4,7H,5-6H2. The average molecular weight is 151 g/mol. The molecule has 52 valence electrons. The van der Waals surface area contributed by atoms with Gasteiger partial charge < -0.3 is 0 Å². The molecule has 1 unspecified atom stereocenters. The first-order valence-electron chi connectivity index (χ1n) is 3.44. The number of dihydropyridines is 1. The van der Waals surface area contributed by atoms with E-state index in [1.165, 1.54) is 5.57 Å². The van der Waals surface area contributed by atoms with Gasteiger partial charge in [0.1, 0.15) is 0 Å². The second kappa shape index (κ2) is 2.62. The lowest BCUT2D eigenvalue weighted by atomic mass is 9.99. The predicted octanol–water partition coefficient (Wildman–Crippen LogP) is 1.87. The third-order valence-corrected chi connectivity index (χ3v) is 2.68.